The first-order chi connectivity index (χ1) is 9.81. The van der Waals surface area contributed by atoms with Gasteiger partial charge in [-0.3, -0.25) is 0 Å². The first-order valence-electron chi connectivity index (χ1n) is 7.17. The summed E-state index contributed by atoms with van der Waals surface area (Å²) in [6.07, 6.45) is 4.08. The summed E-state index contributed by atoms with van der Waals surface area (Å²) in [7, 11) is 0. The van der Waals surface area contributed by atoms with Crippen LogP contribution in [-0.4, -0.2) is 29.1 Å². The minimum absolute atomic E-state index is 0.504. The van der Waals surface area contributed by atoms with Gasteiger partial charge in [0.25, 0.3) is 0 Å². The van der Waals surface area contributed by atoms with E-state index in [4.69, 9.17) is 0 Å². The second-order valence-corrected chi connectivity index (χ2v) is 5.23. The fourth-order valence-electron chi connectivity index (χ4n) is 2.67. The topological polar surface area (TPSA) is 41.1 Å². The van der Waals surface area contributed by atoms with E-state index in [1.165, 1.54) is 5.69 Å². The Hall–Kier alpha value is -2.10. The van der Waals surface area contributed by atoms with Gasteiger partial charge in [0.05, 0.1) is 0 Å². The van der Waals surface area contributed by atoms with E-state index in [1.807, 2.05) is 19.2 Å². The maximum absolute atomic E-state index is 4.41. The van der Waals surface area contributed by atoms with E-state index in [9.17, 15) is 0 Å². The lowest BCUT2D eigenvalue weighted by Gasteiger charge is -2.34. The van der Waals surface area contributed by atoms with Crippen LogP contribution in [0.2, 0.25) is 0 Å². The minimum atomic E-state index is 0.504. The molecule has 2 aromatic rings. The Morgan fingerprint density at radius 1 is 1.10 bits per heavy atom. The van der Waals surface area contributed by atoms with E-state index >= 15 is 0 Å². The van der Waals surface area contributed by atoms with Crippen LogP contribution in [0.5, 0.6) is 0 Å². The number of anilines is 2. The number of hydrogen-bond donors (Lipinski definition) is 1. The highest BCUT2D eigenvalue weighted by Crippen LogP contribution is 2.21. The van der Waals surface area contributed by atoms with E-state index in [2.05, 4.69) is 50.5 Å². The number of aromatic nitrogens is 2. The second kappa shape index (κ2) is 5.90. The van der Waals surface area contributed by atoms with E-state index in [0.717, 1.165) is 37.6 Å². The van der Waals surface area contributed by atoms with E-state index in [0.29, 0.717) is 6.04 Å². The van der Waals surface area contributed by atoms with Gasteiger partial charge in [0.1, 0.15) is 11.6 Å². The normalized spacial score (nSPS) is 16.1. The number of para-hydroxylation sites is 1. The smallest absolute Gasteiger partial charge is 0.129 e. The predicted molar refractivity (Wildman–Crippen MR) is 82.1 cm³/mol. The van der Waals surface area contributed by atoms with Gasteiger partial charge in [-0.2, -0.15) is 0 Å². The lowest BCUT2D eigenvalue weighted by atomic mass is 10.0. The van der Waals surface area contributed by atoms with Crippen LogP contribution in [0.1, 0.15) is 18.7 Å². The molecule has 0 bridgehead atoms. The molecule has 0 spiro atoms. The first-order valence-corrected chi connectivity index (χ1v) is 7.17. The highest BCUT2D eigenvalue weighted by atomic mass is 15.2. The van der Waals surface area contributed by atoms with Crippen molar-refractivity contribution in [3.05, 3.63) is 48.4 Å². The molecular formula is C16H20N4. The number of nitrogens with zero attached hydrogens (tertiary/aromatic N) is 3. The summed E-state index contributed by atoms with van der Waals surface area (Å²) >= 11 is 0. The molecule has 104 valence electrons. The maximum atomic E-state index is 4.41. The van der Waals surface area contributed by atoms with Gasteiger partial charge >= 0.3 is 0 Å². The molecule has 0 unspecified atom stereocenters. The average Bonchev–Trinajstić information content (AvgIpc) is 2.49. The lowest BCUT2D eigenvalue weighted by molar-refractivity contribution is 0.525. The third-order valence-electron chi connectivity index (χ3n) is 3.74. The van der Waals surface area contributed by atoms with Gasteiger partial charge in [0.2, 0.25) is 0 Å². The third-order valence-corrected chi connectivity index (χ3v) is 3.74. The largest absolute Gasteiger partial charge is 0.371 e. The first kappa shape index (κ1) is 12.9. The Bertz CT molecular complexity index is 547. The summed E-state index contributed by atoms with van der Waals surface area (Å²) in [5.41, 5.74) is 1.32. The van der Waals surface area contributed by atoms with Gasteiger partial charge in [0.15, 0.2) is 0 Å². The fourth-order valence-corrected chi connectivity index (χ4v) is 2.67. The zero-order valence-corrected chi connectivity index (χ0v) is 11.8. The number of piperidine rings is 1. The van der Waals surface area contributed by atoms with Crippen molar-refractivity contribution >= 4 is 11.5 Å². The van der Waals surface area contributed by atoms with Crippen LogP contribution in [0.3, 0.4) is 0 Å². The van der Waals surface area contributed by atoms with Gasteiger partial charge in [-0.15, -0.1) is 0 Å². The Kier molecular flexibility index (Phi) is 3.81. The molecule has 1 aromatic carbocycles. The lowest BCUT2D eigenvalue weighted by Crippen LogP contribution is -2.39. The van der Waals surface area contributed by atoms with E-state index in [1.54, 1.807) is 0 Å². The number of hydrogen-bond acceptors (Lipinski definition) is 4. The number of nitrogens with one attached hydrogen (secondary N) is 1. The monoisotopic (exact) mass is 268 g/mol. The van der Waals surface area contributed by atoms with Crippen molar-refractivity contribution in [2.45, 2.75) is 25.8 Å². The zero-order valence-electron chi connectivity index (χ0n) is 11.8. The highest BCUT2D eigenvalue weighted by molar-refractivity contribution is 5.46. The van der Waals surface area contributed by atoms with Crippen molar-refractivity contribution in [2.24, 2.45) is 0 Å². The summed E-state index contributed by atoms with van der Waals surface area (Å²) in [5, 5.41) is 3.52. The van der Waals surface area contributed by atoms with Crippen LogP contribution in [0.4, 0.5) is 11.5 Å². The summed E-state index contributed by atoms with van der Waals surface area (Å²) in [6.45, 7) is 4.10. The Balaban J connectivity index is 1.56. The molecule has 20 heavy (non-hydrogen) atoms. The van der Waals surface area contributed by atoms with Gasteiger partial charge in [-0.1, -0.05) is 18.2 Å². The number of rotatable bonds is 3. The third kappa shape index (κ3) is 3.07. The van der Waals surface area contributed by atoms with Crippen LogP contribution >= 0.6 is 0 Å². The van der Waals surface area contributed by atoms with Crippen molar-refractivity contribution in [2.75, 3.05) is 23.3 Å². The molecule has 0 amide bonds. The molecule has 1 aliphatic heterocycles. The molecule has 0 aliphatic carbocycles. The molecule has 1 saturated heterocycles. The van der Waals surface area contributed by atoms with Gasteiger partial charge in [-0.05, 0) is 38.0 Å². The molecule has 0 atom stereocenters. The van der Waals surface area contributed by atoms with Crippen LogP contribution in [0.25, 0.3) is 0 Å². The molecule has 4 nitrogen and oxygen atoms in total. The predicted octanol–water partition coefficient (Wildman–Crippen LogP) is 2.87. The Labute approximate surface area is 119 Å². The summed E-state index contributed by atoms with van der Waals surface area (Å²) < 4.78 is 0. The minimum Gasteiger partial charge on any atom is -0.371 e. The standard InChI is InChI=1S/C16H20N4/c1-13-17-10-7-16(18-13)19-14-8-11-20(12-9-14)15-5-3-2-4-6-15/h2-7,10,14H,8-9,11-12H2,1H3,(H,17,18,19). The number of benzene rings is 1. The zero-order chi connectivity index (χ0) is 13.8. The molecular weight excluding hydrogens is 248 g/mol. The Morgan fingerprint density at radius 2 is 1.85 bits per heavy atom. The molecule has 4 heteroatoms. The summed E-state index contributed by atoms with van der Waals surface area (Å²) in [4.78, 5) is 11.0. The van der Waals surface area contributed by atoms with Gasteiger partial charge in [-0.25, -0.2) is 9.97 Å². The van der Waals surface area contributed by atoms with Crippen molar-refractivity contribution in [1.29, 1.82) is 0 Å². The molecule has 0 saturated carbocycles. The Morgan fingerprint density at radius 3 is 2.55 bits per heavy atom. The van der Waals surface area contributed by atoms with Gasteiger partial charge in [0, 0.05) is 31.0 Å². The van der Waals surface area contributed by atoms with Crippen molar-refractivity contribution in [3.8, 4) is 0 Å². The summed E-state index contributed by atoms with van der Waals surface area (Å²) in [5.74, 6) is 1.76. The maximum Gasteiger partial charge on any atom is 0.129 e. The fraction of sp³-hybridized carbons (Fsp3) is 0.375. The van der Waals surface area contributed by atoms with Crippen LogP contribution in [0.15, 0.2) is 42.6 Å². The van der Waals surface area contributed by atoms with Crippen molar-refractivity contribution < 1.29 is 0 Å². The molecule has 1 aliphatic rings. The number of aryl methyl sites for hydroxylation is 1. The van der Waals surface area contributed by atoms with Crippen LogP contribution < -0.4 is 10.2 Å². The second-order valence-electron chi connectivity index (χ2n) is 5.23. The summed E-state index contributed by atoms with van der Waals surface area (Å²) in [6, 6.07) is 13.1. The molecule has 1 aromatic heterocycles. The SMILES string of the molecule is Cc1nccc(NC2CCN(c3ccccc3)CC2)n1. The van der Waals surface area contributed by atoms with Crippen LogP contribution in [-0.2, 0) is 0 Å². The van der Waals surface area contributed by atoms with E-state index in [-0.39, 0.29) is 0 Å². The van der Waals surface area contributed by atoms with Gasteiger partial charge < -0.3 is 10.2 Å². The van der Waals surface area contributed by atoms with E-state index < -0.39 is 0 Å². The molecule has 0 radical (unpaired) electrons. The average molecular weight is 268 g/mol. The highest BCUT2D eigenvalue weighted by Gasteiger charge is 2.19. The van der Waals surface area contributed by atoms with Crippen molar-refractivity contribution in [1.82, 2.24) is 9.97 Å². The molecule has 1 fully saturated rings. The van der Waals surface area contributed by atoms with Crippen LogP contribution in [0, 0.1) is 6.92 Å². The molecule has 3 rings (SSSR count). The van der Waals surface area contributed by atoms with Crippen molar-refractivity contribution in [3.63, 3.8) is 0 Å². The quantitative estimate of drug-likeness (QED) is 0.929. The molecule has 2 heterocycles. The molecule has 1 N–H and O–H groups in total.